The summed E-state index contributed by atoms with van der Waals surface area (Å²) in [6.45, 7) is 1.98. The van der Waals surface area contributed by atoms with Crippen molar-refractivity contribution >= 4 is 28.7 Å². The molecule has 5 nitrogen and oxygen atoms in total. The fourth-order valence-electron chi connectivity index (χ4n) is 1.78. The minimum Gasteiger partial charge on any atom is -0.288 e. The normalized spacial score (nSPS) is 10.7. The average molecular weight is 317 g/mol. The molecule has 0 N–H and O–H groups in total. The Balaban J connectivity index is 1.98. The van der Waals surface area contributed by atoms with E-state index in [1.165, 1.54) is 21.4 Å². The van der Waals surface area contributed by atoms with E-state index in [9.17, 15) is 9.59 Å². The van der Waals surface area contributed by atoms with Gasteiger partial charge in [0.25, 0.3) is 5.56 Å². The Morgan fingerprint density at radius 2 is 2.00 bits per heavy atom. The number of ketones is 1. The van der Waals surface area contributed by atoms with Crippen LogP contribution in [0.5, 0.6) is 0 Å². The fraction of sp³-hybridized carbons (Fsp3) is 0.143. The molecule has 2 heterocycles. The highest BCUT2D eigenvalue weighted by Crippen LogP contribution is 2.19. The van der Waals surface area contributed by atoms with Crippen LogP contribution in [-0.4, -0.2) is 19.9 Å². The zero-order chi connectivity index (χ0) is 14.8. The topological polar surface area (TPSA) is 64.8 Å². The van der Waals surface area contributed by atoms with E-state index in [1.54, 1.807) is 24.3 Å². The molecule has 21 heavy (non-hydrogen) atoms. The van der Waals surface area contributed by atoms with Gasteiger partial charge in [0.2, 0.25) is 10.9 Å². The zero-order valence-corrected chi connectivity index (χ0v) is 12.8. The monoisotopic (exact) mass is 317 g/mol. The van der Waals surface area contributed by atoms with E-state index in [2.05, 4.69) is 10.2 Å². The van der Waals surface area contributed by atoms with E-state index < -0.39 is 0 Å². The lowest BCUT2D eigenvalue weighted by molar-refractivity contribution is 0.104. The predicted octanol–water partition coefficient (Wildman–Crippen LogP) is 2.54. The second-order valence-corrected chi connectivity index (χ2v) is 6.29. The summed E-state index contributed by atoms with van der Waals surface area (Å²) in [6, 6.07) is 10.3. The van der Waals surface area contributed by atoms with Crippen molar-refractivity contribution in [3.05, 3.63) is 62.2 Å². The third-order valence-electron chi connectivity index (χ3n) is 2.84. The highest BCUT2D eigenvalue weighted by molar-refractivity contribution is 7.16. The van der Waals surface area contributed by atoms with Crippen LogP contribution in [0.25, 0.3) is 5.13 Å². The van der Waals surface area contributed by atoms with Gasteiger partial charge < -0.3 is 0 Å². The molecular weight excluding hydrogens is 306 g/mol. The summed E-state index contributed by atoms with van der Waals surface area (Å²) in [5, 5.41) is 9.36. The Morgan fingerprint density at radius 3 is 2.67 bits per heavy atom. The number of aromatic nitrogens is 3. The van der Waals surface area contributed by atoms with Crippen molar-refractivity contribution < 1.29 is 4.79 Å². The lowest BCUT2D eigenvalue weighted by Crippen LogP contribution is -2.09. The molecule has 0 fully saturated rings. The van der Waals surface area contributed by atoms with Crippen molar-refractivity contribution in [1.82, 2.24) is 14.2 Å². The molecule has 1 aromatic carbocycles. The highest BCUT2D eigenvalue weighted by atomic mass is 32.1. The van der Waals surface area contributed by atoms with Crippen molar-refractivity contribution in [1.29, 1.82) is 0 Å². The first kappa shape index (κ1) is 13.8. The third kappa shape index (κ3) is 2.70. The third-order valence-corrected chi connectivity index (χ3v) is 5.04. The Labute approximate surface area is 128 Å². The number of aryl methyl sites for hydroxylation is 1. The average Bonchev–Trinajstić information content (AvgIpc) is 3.13. The molecule has 0 aliphatic carbocycles. The van der Waals surface area contributed by atoms with Gasteiger partial charge in [-0.1, -0.05) is 48.6 Å². The fourth-order valence-corrected chi connectivity index (χ4v) is 3.51. The van der Waals surface area contributed by atoms with Gasteiger partial charge in [-0.2, -0.15) is 0 Å². The molecular formula is C14H11N3O2S2. The van der Waals surface area contributed by atoms with E-state index >= 15 is 0 Å². The Hall–Kier alpha value is -2.12. The minimum atomic E-state index is -0.252. The number of carbonyl (C=O) groups is 1. The van der Waals surface area contributed by atoms with Gasteiger partial charge in [-0.15, -0.1) is 10.2 Å². The van der Waals surface area contributed by atoms with Crippen molar-refractivity contribution in [2.45, 2.75) is 13.3 Å². The SMILES string of the molecule is CCc1nnc(-n2sc(C(=O)c3ccccc3)cc2=O)s1. The first-order valence-electron chi connectivity index (χ1n) is 6.35. The van der Waals surface area contributed by atoms with Crippen LogP contribution in [0, 0.1) is 0 Å². The van der Waals surface area contributed by atoms with Gasteiger partial charge >= 0.3 is 0 Å². The van der Waals surface area contributed by atoms with Crippen LogP contribution >= 0.6 is 22.9 Å². The van der Waals surface area contributed by atoms with E-state index in [-0.39, 0.29) is 11.3 Å². The van der Waals surface area contributed by atoms with Crippen LogP contribution in [0.1, 0.15) is 27.2 Å². The van der Waals surface area contributed by atoms with Gasteiger partial charge in [0.15, 0.2) is 0 Å². The van der Waals surface area contributed by atoms with Crippen molar-refractivity contribution in [3.63, 3.8) is 0 Å². The predicted molar refractivity (Wildman–Crippen MR) is 82.6 cm³/mol. The molecule has 0 spiro atoms. The lowest BCUT2D eigenvalue weighted by atomic mass is 10.1. The van der Waals surface area contributed by atoms with Gasteiger partial charge in [-0.25, -0.2) is 3.96 Å². The molecule has 7 heteroatoms. The molecule has 0 saturated carbocycles. The zero-order valence-electron chi connectivity index (χ0n) is 11.1. The largest absolute Gasteiger partial charge is 0.288 e. The minimum absolute atomic E-state index is 0.156. The van der Waals surface area contributed by atoms with Crippen LogP contribution < -0.4 is 5.56 Å². The number of carbonyl (C=O) groups excluding carboxylic acids is 1. The van der Waals surface area contributed by atoms with Crippen molar-refractivity contribution in [3.8, 4) is 5.13 Å². The molecule has 0 atom stereocenters. The number of rotatable bonds is 4. The molecule has 106 valence electrons. The summed E-state index contributed by atoms with van der Waals surface area (Å²) in [4.78, 5) is 24.8. The Morgan fingerprint density at radius 1 is 1.24 bits per heavy atom. The van der Waals surface area contributed by atoms with Crippen molar-refractivity contribution in [2.75, 3.05) is 0 Å². The summed E-state index contributed by atoms with van der Waals surface area (Å²) in [5.74, 6) is -0.156. The second-order valence-electron chi connectivity index (χ2n) is 4.26. The molecule has 0 aliphatic heterocycles. The van der Waals surface area contributed by atoms with Crippen LogP contribution in [0.3, 0.4) is 0 Å². The van der Waals surface area contributed by atoms with Gasteiger partial charge in [-0.05, 0) is 18.0 Å². The molecule has 2 aromatic heterocycles. The number of hydrogen-bond donors (Lipinski definition) is 0. The summed E-state index contributed by atoms with van der Waals surface area (Å²) >= 11 is 2.46. The molecule has 0 aliphatic rings. The summed E-state index contributed by atoms with van der Waals surface area (Å²) < 4.78 is 1.41. The number of hydrogen-bond acceptors (Lipinski definition) is 6. The lowest BCUT2D eigenvalue weighted by Gasteiger charge is -1.96. The van der Waals surface area contributed by atoms with Gasteiger partial charge in [0, 0.05) is 11.6 Å². The summed E-state index contributed by atoms with van der Waals surface area (Å²) in [6.07, 6.45) is 0.771. The van der Waals surface area contributed by atoms with Crippen LogP contribution in [-0.2, 0) is 6.42 Å². The maximum absolute atomic E-state index is 12.3. The Bertz CT molecular complexity index is 833. The molecule has 0 saturated heterocycles. The molecule has 0 unspecified atom stereocenters. The molecule has 0 amide bonds. The molecule has 3 aromatic rings. The van der Waals surface area contributed by atoms with Gasteiger partial charge in [-0.3, -0.25) is 9.59 Å². The van der Waals surface area contributed by atoms with Gasteiger partial charge in [0.1, 0.15) is 5.01 Å². The first-order chi connectivity index (χ1) is 10.2. The van der Waals surface area contributed by atoms with Crippen molar-refractivity contribution in [2.24, 2.45) is 0 Å². The van der Waals surface area contributed by atoms with E-state index in [4.69, 9.17) is 0 Å². The van der Waals surface area contributed by atoms with Gasteiger partial charge in [0.05, 0.1) is 4.88 Å². The first-order valence-corrected chi connectivity index (χ1v) is 7.94. The summed E-state index contributed by atoms with van der Waals surface area (Å²) in [7, 11) is 0. The maximum Gasteiger partial charge on any atom is 0.268 e. The van der Waals surface area contributed by atoms with E-state index in [0.717, 1.165) is 23.0 Å². The Kier molecular flexibility index (Phi) is 3.76. The number of nitrogens with zero attached hydrogens (tertiary/aromatic N) is 3. The number of benzene rings is 1. The van der Waals surface area contributed by atoms with E-state index in [0.29, 0.717) is 15.6 Å². The van der Waals surface area contributed by atoms with E-state index in [1.807, 2.05) is 13.0 Å². The van der Waals surface area contributed by atoms with Crippen LogP contribution in [0.15, 0.2) is 41.2 Å². The molecule has 3 rings (SSSR count). The smallest absolute Gasteiger partial charge is 0.268 e. The quantitative estimate of drug-likeness (QED) is 0.694. The summed E-state index contributed by atoms with van der Waals surface area (Å²) in [5.41, 5.74) is 0.315. The molecule has 0 radical (unpaired) electrons. The van der Waals surface area contributed by atoms with Crippen LogP contribution in [0.2, 0.25) is 0 Å². The maximum atomic E-state index is 12.3. The standard InChI is InChI=1S/C14H11N3O2S2/c1-2-11-15-16-14(20-11)17-12(18)8-10(21-17)13(19)9-6-4-3-5-7-9/h3-8H,2H2,1H3. The highest BCUT2D eigenvalue weighted by Gasteiger charge is 2.16. The van der Waals surface area contributed by atoms with Crippen LogP contribution in [0.4, 0.5) is 0 Å². The molecule has 0 bridgehead atoms. The second kappa shape index (κ2) is 5.71.